The van der Waals surface area contributed by atoms with E-state index in [-0.39, 0.29) is 14.9 Å². The maximum absolute atomic E-state index is 7.08. The third kappa shape index (κ3) is 14.7. The molecular formula is C21H58O8Si9. The SMILES string of the molecule is C.C.C[SiH](C)O[Si](O[SiH](C)C)(O[SiH](C)C)O[Si](C)(O[Si](O[SiH](C)C)(O[SiH](C)C)O[SiH](C)C)c1ccccc1. The Morgan fingerprint density at radius 1 is 0.447 bits per heavy atom. The number of rotatable bonds is 17. The van der Waals surface area contributed by atoms with Crippen LogP contribution in [0, 0.1) is 0 Å². The molecule has 1 aromatic rings. The van der Waals surface area contributed by atoms with Crippen molar-refractivity contribution in [1.29, 1.82) is 0 Å². The summed E-state index contributed by atoms with van der Waals surface area (Å²) in [5.74, 6) is 0. The van der Waals surface area contributed by atoms with Crippen LogP contribution in [-0.2, 0) is 32.9 Å². The summed E-state index contributed by atoms with van der Waals surface area (Å²) in [6.07, 6.45) is 0. The van der Waals surface area contributed by atoms with Gasteiger partial charge in [-0.2, -0.15) is 0 Å². The molecule has 0 bridgehead atoms. The molecule has 0 aliphatic carbocycles. The minimum absolute atomic E-state index is 0. The fraction of sp³-hybridized carbons (Fsp3) is 0.714. The molecule has 0 unspecified atom stereocenters. The Kier molecular flexibility index (Phi) is 19.9. The highest BCUT2D eigenvalue weighted by atomic mass is 28.6. The van der Waals surface area contributed by atoms with Crippen molar-refractivity contribution in [2.75, 3.05) is 0 Å². The molecular weight excluding hydrogens is 633 g/mol. The first kappa shape index (κ1) is 41.0. The van der Waals surface area contributed by atoms with E-state index in [1.54, 1.807) is 0 Å². The van der Waals surface area contributed by atoms with Crippen molar-refractivity contribution < 1.29 is 32.9 Å². The molecule has 0 radical (unpaired) electrons. The molecule has 17 heteroatoms. The summed E-state index contributed by atoms with van der Waals surface area (Å²) >= 11 is 0. The second-order valence-electron chi connectivity index (χ2n) is 10.5. The molecule has 0 saturated carbocycles. The van der Waals surface area contributed by atoms with E-state index in [4.69, 9.17) is 32.9 Å². The predicted octanol–water partition coefficient (Wildman–Crippen LogP) is 4.14. The van der Waals surface area contributed by atoms with Crippen LogP contribution in [0.5, 0.6) is 0 Å². The predicted molar refractivity (Wildman–Crippen MR) is 185 cm³/mol. The molecule has 0 spiro atoms. The van der Waals surface area contributed by atoms with Gasteiger partial charge in [0.05, 0.1) is 0 Å². The number of hydrogen-bond donors (Lipinski definition) is 0. The monoisotopic (exact) mass is 690 g/mol. The van der Waals surface area contributed by atoms with Gasteiger partial charge in [0, 0.05) is 0 Å². The smallest absolute Gasteiger partial charge is 0.399 e. The van der Waals surface area contributed by atoms with Crippen molar-refractivity contribution >= 4 is 86.1 Å². The summed E-state index contributed by atoms with van der Waals surface area (Å²) in [6.45, 7) is 27.5. The average Bonchev–Trinajstić information content (AvgIpc) is 2.64. The van der Waals surface area contributed by atoms with Crippen molar-refractivity contribution in [1.82, 2.24) is 0 Å². The fourth-order valence-corrected chi connectivity index (χ4v) is 31.4. The van der Waals surface area contributed by atoms with Gasteiger partial charge in [-0.25, -0.2) is 0 Å². The van der Waals surface area contributed by atoms with E-state index in [0.717, 1.165) is 5.19 Å². The Hall–Kier alpha value is 0.852. The molecule has 0 amide bonds. The molecule has 0 saturated heterocycles. The van der Waals surface area contributed by atoms with Gasteiger partial charge >= 0.3 is 26.7 Å². The molecule has 0 fully saturated rings. The van der Waals surface area contributed by atoms with Gasteiger partial charge in [-0.1, -0.05) is 45.2 Å². The van der Waals surface area contributed by atoms with Crippen molar-refractivity contribution in [2.45, 2.75) is 100.0 Å². The van der Waals surface area contributed by atoms with Gasteiger partial charge in [0.15, 0.2) is 54.2 Å². The van der Waals surface area contributed by atoms with E-state index in [9.17, 15) is 0 Å². The largest absolute Gasteiger partial charge is 0.638 e. The zero-order chi connectivity index (χ0) is 27.7. The Morgan fingerprint density at radius 2 is 0.684 bits per heavy atom. The fourth-order valence-electron chi connectivity index (χ4n) is 3.40. The lowest BCUT2D eigenvalue weighted by Crippen LogP contribution is -2.70. The molecule has 38 heavy (non-hydrogen) atoms. The average molecular weight is 691 g/mol. The van der Waals surface area contributed by atoms with Crippen LogP contribution in [-0.4, -0.2) is 80.9 Å². The van der Waals surface area contributed by atoms with E-state index >= 15 is 0 Å². The standard InChI is InChI=1S/C19H50O8Si9.2CH4/c1-28(2)20-35(21-29(3)4,22-30(5)6)26-34(13,19-17-15-14-16-18-19)27-36(23-31(7)8,24-32(9)10)25-33(11)12;;/h14-18,28-33H,1-13H3;2*1H4. The van der Waals surface area contributed by atoms with Crippen LogP contribution in [0.3, 0.4) is 0 Å². The topological polar surface area (TPSA) is 73.8 Å². The van der Waals surface area contributed by atoms with Gasteiger partial charge < -0.3 is 32.9 Å². The molecule has 0 aliphatic heterocycles. The molecule has 0 atom stereocenters. The summed E-state index contributed by atoms with van der Waals surface area (Å²) in [6, 6.07) is 10.1. The van der Waals surface area contributed by atoms with Crippen LogP contribution in [0.4, 0.5) is 0 Å². The van der Waals surface area contributed by atoms with Gasteiger partial charge in [-0.15, -0.1) is 0 Å². The van der Waals surface area contributed by atoms with Crippen molar-refractivity contribution in [3.8, 4) is 0 Å². The first-order valence-electron chi connectivity index (χ1n) is 13.0. The van der Waals surface area contributed by atoms with Crippen LogP contribution in [0.25, 0.3) is 0 Å². The Bertz CT molecular complexity index is 664. The molecule has 0 N–H and O–H groups in total. The van der Waals surface area contributed by atoms with Crippen LogP contribution in [0.15, 0.2) is 30.3 Å². The van der Waals surface area contributed by atoms with Crippen LogP contribution >= 0.6 is 0 Å². The van der Waals surface area contributed by atoms with Gasteiger partial charge in [-0.3, -0.25) is 0 Å². The lowest BCUT2D eigenvalue weighted by Gasteiger charge is -2.43. The highest BCUT2D eigenvalue weighted by Crippen LogP contribution is 2.28. The zero-order valence-corrected chi connectivity index (χ0v) is 34.5. The van der Waals surface area contributed by atoms with Crippen LogP contribution in [0.2, 0.25) is 85.1 Å². The molecule has 226 valence electrons. The van der Waals surface area contributed by atoms with Gasteiger partial charge in [-0.05, 0) is 90.3 Å². The van der Waals surface area contributed by atoms with E-state index in [0.29, 0.717) is 0 Å². The molecule has 0 heterocycles. The third-order valence-electron chi connectivity index (χ3n) is 4.22. The lowest BCUT2D eigenvalue weighted by molar-refractivity contribution is 0.114. The normalized spacial score (nSPS) is 13.1. The van der Waals surface area contributed by atoms with Gasteiger partial charge in [0.2, 0.25) is 0 Å². The summed E-state index contributed by atoms with van der Waals surface area (Å²) in [7, 11) is -19.8. The van der Waals surface area contributed by atoms with Crippen LogP contribution < -0.4 is 5.19 Å². The Labute approximate surface area is 248 Å². The Balaban J connectivity index is 0. The van der Waals surface area contributed by atoms with Gasteiger partial charge in [0.1, 0.15) is 0 Å². The summed E-state index contributed by atoms with van der Waals surface area (Å²) in [5.41, 5.74) is 0. The van der Waals surface area contributed by atoms with Gasteiger partial charge in [0.25, 0.3) is 0 Å². The maximum atomic E-state index is 7.08. The quantitative estimate of drug-likeness (QED) is 0.226. The van der Waals surface area contributed by atoms with Crippen molar-refractivity contribution in [3.05, 3.63) is 30.3 Å². The minimum Gasteiger partial charge on any atom is -0.399 e. The highest BCUT2D eigenvalue weighted by molar-refractivity contribution is 6.93. The first-order chi connectivity index (χ1) is 16.5. The van der Waals surface area contributed by atoms with Crippen LogP contribution in [0.1, 0.15) is 14.9 Å². The summed E-state index contributed by atoms with van der Waals surface area (Å²) < 4.78 is 53.7. The van der Waals surface area contributed by atoms with E-state index in [1.165, 1.54) is 0 Å². The Morgan fingerprint density at radius 3 is 0.895 bits per heavy atom. The highest BCUT2D eigenvalue weighted by Gasteiger charge is 2.60. The molecule has 1 aromatic carbocycles. The van der Waals surface area contributed by atoms with Crippen molar-refractivity contribution in [3.63, 3.8) is 0 Å². The molecule has 1 rings (SSSR count). The van der Waals surface area contributed by atoms with Crippen molar-refractivity contribution in [2.24, 2.45) is 0 Å². The maximum Gasteiger partial charge on any atom is 0.638 e. The summed E-state index contributed by atoms with van der Waals surface area (Å²) in [5, 5.41) is 0.952. The van der Waals surface area contributed by atoms with E-state index in [2.05, 4.69) is 78.6 Å². The third-order valence-corrected chi connectivity index (χ3v) is 29.0. The number of benzene rings is 1. The number of hydrogen-bond acceptors (Lipinski definition) is 8. The molecule has 0 aliphatic rings. The second-order valence-corrected chi connectivity index (χ2v) is 34.9. The van der Waals surface area contributed by atoms with E-state index in [1.807, 2.05) is 36.9 Å². The molecule has 0 aromatic heterocycles. The first-order valence-corrected chi connectivity index (χ1v) is 35.3. The minimum atomic E-state index is -3.51. The second kappa shape index (κ2) is 18.4. The summed E-state index contributed by atoms with van der Waals surface area (Å²) in [4.78, 5) is 0. The molecule has 8 nitrogen and oxygen atoms in total. The lowest BCUT2D eigenvalue weighted by atomic mass is 10.4. The zero-order valence-electron chi connectivity index (χ0n) is 24.6. The van der Waals surface area contributed by atoms with E-state index < -0.39 is 80.9 Å².